The number of aromatic carboxylic acids is 1. The van der Waals surface area contributed by atoms with E-state index in [2.05, 4.69) is 53.1 Å². The zero-order chi connectivity index (χ0) is 24.1. The smallest absolute Gasteiger partial charge is 0.356 e. The van der Waals surface area contributed by atoms with Crippen LogP contribution in [0.5, 0.6) is 0 Å². The van der Waals surface area contributed by atoms with Crippen molar-refractivity contribution in [3.63, 3.8) is 0 Å². The maximum Gasteiger partial charge on any atom is 0.356 e. The first kappa shape index (κ1) is 23.9. The van der Waals surface area contributed by atoms with Gasteiger partial charge in [-0.3, -0.25) is 9.67 Å². The quantitative estimate of drug-likeness (QED) is 0.495. The minimum absolute atomic E-state index is 0.137. The van der Waals surface area contributed by atoms with Crippen LogP contribution >= 0.6 is 0 Å². The van der Waals surface area contributed by atoms with Crippen LogP contribution < -0.4 is 10.6 Å². The summed E-state index contributed by atoms with van der Waals surface area (Å²) in [5.41, 5.74) is 10.5. The first-order valence-electron chi connectivity index (χ1n) is 11.9. The van der Waals surface area contributed by atoms with E-state index >= 15 is 0 Å². The molecule has 180 valence electrons. The minimum atomic E-state index is -1.00. The number of anilines is 1. The lowest BCUT2D eigenvalue weighted by Gasteiger charge is -2.33. The highest BCUT2D eigenvalue weighted by molar-refractivity contribution is 5.97. The normalized spacial score (nSPS) is 14.6. The van der Waals surface area contributed by atoms with Crippen LogP contribution in [0.3, 0.4) is 0 Å². The number of rotatable bonds is 9. The number of hydrogen-bond donors (Lipinski definition) is 2. The van der Waals surface area contributed by atoms with Gasteiger partial charge in [0.25, 0.3) is 0 Å². The number of carboxylic acid groups (broad SMARTS) is 1. The van der Waals surface area contributed by atoms with Crippen LogP contribution in [0.15, 0.2) is 48.8 Å². The van der Waals surface area contributed by atoms with Gasteiger partial charge in [0.05, 0.1) is 24.9 Å². The van der Waals surface area contributed by atoms with Crippen LogP contribution in [0, 0.1) is 0 Å². The van der Waals surface area contributed by atoms with Gasteiger partial charge in [-0.15, -0.1) is 0 Å². The second kappa shape index (κ2) is 10.8. The molecule has 3 aromatic rings. The number of nitrogens with two attached hydrogens (primary N) is 1. The monoisotopic (exact) mass is 463 g/mol. The molecule has 0 spiro atoms. The third-order valence-electron chi connectivity index (χ3n) is 6.31. The highest BCUT2D eigenvalue weighted by Gasteiger charge is 2.30. The van der Waals surface area contributed by atoms with E-state index < -0.39 is 5.97 Å². The molecule has 1 fully saturated rings. The van der Waals surface area contributed by atoms with Gasteiger partial charge in [-0.1, -0.05) is 38.1 Å². The Kier molecular flexibility index (Phi) is 7.59. The molecule has 0 saturated carbocycles. The zero-order valence-electron chi connectivity index (χ0n) is 19.9. The summed E-state index contributed by atoms with van der Waals surface area (Å²) in [6.07, 6.45) is 5.16. The van der Waals surface area contributed by atoms with Gasteiger partial charge >= 0.3 is 5.97 Å². The molecule has 1 aliphatic rings. The number of carboxylic acids is 1. The molecular weight excluding hydrogens is 430 g/mol. The van der Waals surface area contributed by atoms with Crippen LogP contribution in [-0.4, -0.2) is 51.6 Å². The largest absolute Gasteiger partial charge is 0.476 e. The van der Waals surface area contributed by atoms with E-state index in [1.54, 1.807) is 12.4 Å². The first-order chi connectivity index (χ1) is 16.5. The molecule has 8 nitrogen and oxygen atoms in total. The maximum atomic E-state index is 12.2. The van der Waals surface area contributed by atoms with Crippen molar-refractivity contribution in [3.05, 3.63) is 65.6 Å². The highest BCUT2D eigenvalue weighted by atomic mass is 16.5. The summed E-state index contributed by atoms with van der Waals surface area (Å²) in [6, 6.07) is 12.3. The lowest BCUT2D eigenvalue weighted by molar-refractivity contribution is 0.0251. The van der Waals surface area contributed by atoms with Crippen LogP contribution in [0.25, 0.3) is 11.3 Å². The SMILES string of the molecule is CC(C)c1ccc(COC2CCN(c3c(-c4ccncc4)nn(CCN)c3C(=O)O)CC2)cc1. The van der Waals surface area contributed by atoms with E-state index in [4.69, 9.17) is 10.5 Å². The van der Waals surface area contributed by atoms with Gasteiger partial charge in [0.1, 0.15) is 5.69 Å². The summed E-state index contributed by atoms with van der Waals surface area (Å²) in [4.78, 5) is 18.4. The summed E-state index contributed by atoms with van der Waals surface area (Å²) in [5, 5.41) is 14.7. The van der Waals surface area contributed by atoms with Crippen molar-refractivity contribution in [2.45, 2.75) is 51.9 Å². The van der Waals surface area contributed by atoms with Crippen molar-refractivity contribution in [3.8, 4) is 11.3 Å². The Morgan fingerprint density at radius 3 is 2.41 bits per heavy atom. The Hall–Kier alpha value is -3.23. The Morgan fingerprint density at radius 2 is 1.82 bits per heavy atom. The summed E-state index contributed by atoms with van der Waals surface area (Å²) in [6.45, 7) is 7.01. The summed E-state index contributed by atoms with van der Waals surface area (Å²) >= 11 is 0. The fraction of sp³-hybridized carbons (Fsp3) is 0.423. The van der Waals surface area contributed by atoms with Crippen molar-refractivity contribution in [2.24, 2.45) is 5.73 Å². The second-order valence-electron chi connectivity index (χ2n) is 8.99. The molecule has 0 amide bonds. The molecule has 0 radical (unpaired) electrons. The van der Waals surface area contributed by atoms with Crippen LogP contribution in [0.2, 0.25) is 0 Å². The number of nitrogens with zero attached hydrogens (tertiary/aromatic N) is 4. The van der Waals surface area contributed by atoms with E-state index in [0.29, 0.717) is 50.1 Å². The summed E-state index contributed by atoms with van der Waals surface area (Å²) in [7, 11) is 0. The predicted molar refractivity (Wildman–Crippen MR) is 132 cm³/mol. The summed E-state index contributed by atoms with van der Waals surface area (Å²) in [5.74, 6) is -0.485. The van der Waals surface area contributed by atoms with Crippen molar-refractivity contribution in [1.29, 1.82) is 0 Å². The van der Waals surface area contributed by atoms with Crippen LogP contribution in [0.4, 0.5) is 5.69 Å². The molecule has 3 heterocycles. The molecular formula is C26H33N5O3. The topological polar surface area (TPSA) is 107 Å². The number of piperidine rings is 1. The standard InChI is InChI=1S/C26H33N5O3/c1-18(2)20-5-3-19(4-6-20)17-34-22-9-14-30(15-10-22)24-23(21-7-12-28-13-8-21)29-31(16-11-27)25(24)26(32)33/h3-8,12-13,18,22H,9-11,14-17,27H2,1-2H3,(H,32,33). The Balaban J connectivity index is 1.48. The maximum absolute atomic E-state index is 12.2. The minimum Gasteiger partial charge on any atom is -0.476 e. The molecule has 3 N–H and O–H groups in total. The van der Waals surface area contributed by atoms with Gasteiger partial charge < -0.3 is 20.5 Å². The fourth-order valence-corrected chi connectivity index (χ4v) is 4.41. The Labute approximate surface area is 200 Å². The molecule has 8 heteroatoms. The number of ether oxygens (including phenoxy) is 1. The second-order valence-corrected chi connectivity index (χ2v) is 8.99. The van der Waals surface area contributed by atoms with Gasteiger partial charge in [0.2, 0.25) is 0 Å². The van der Waals surface area contributed by atoms with Crippen molar-refractivity contribution in [2.75, 3.05) is 24.5 Å². The molecule has 4 rings (SSSR count). The Morgan fingerprint density at radius 1 is 1.15 bits per heavy atom. The fourth-order valence-electron chi connectivity index (χ4n) is 4.41. The van der Waals surface area contributed by atoms with Gasteiger partial charge in [-0.2, -0.15) is 5.10 Å². The van der Waals surface area contributed by atoms with E-state index in [-0.39, 0.29) is 11.8 Å². The number of benzene rings is 1. The summed E-state index contributed by atoms with van der Waals surface area (Å²) < 4.78 is 7.71. The molecule has 1 saturated heterocycles. The molecule has 1 aliphatic heterocycles. The Bertz CT molecular complexity index is 1090. The third kappa shape index (κ3) is 5.29. The van der Waals surface area contributed by atoms with Crippen molar-refractivity contribution >= 4 is 11.7 Å². The van der Waals surface area contributed by atoms with Gasteiger partial charge in [-0.25, -0.2) is 4.79 Å². The van der Waals surface area contributed by atoms with E-state index in [1.807, 2.05) is 12.1 Å². The first-order valence-corrected chi connectivity index (χ1v) is 11.9. The average Bonchev–Trinajstić information content (AvgIpc) is 3.23. The number of pyridine rings is 1. The predicted octanol–water partition coefficient (Wildman–Crippen LogP) is 3.91. The van der Waals surface area contributed by atoms with E-state index in [1.165, 1.54) is 15.8 Å². The van der Waals surface area contributed by atoms with Crippen molar-refractivity contribution < 1.29 is 14.6 Å². The van der Waals surface area contributed by atoms with E-state index in [9.17, 15) is 9.90 Å². The lowest BCUT2D eigenvalue weighted by atomic mass is 10.0. The van der Waals surface area contributed by atoms with Gasteiger partial charge in [0.15, 0.2) is 5.69 Å². The van der Waals surface area contributed by atoms with E-state index in [0.717, 1.165) is 18.4 Å². The number of aromatic nitrogens is 3. The molecule has 0 unspecified atom stereocenters. The number of carbonyl (C=O) groups is 1. The van der Waals surface area contributed by atoms with Gasteiger partial charge in [0, 0.05) is 37.6 Å². The zero-order valence-corrected chi connectivity index (χ0v) is 19.9. The average molecular weight is 464 g/mol. The number of hydrogen-bond acceptors (Lipinski definition) is 6. The van der Waals surface area contributed by atoms with Crippen molar-refractivity contribution in [1.82, 2.24) is 14.8 Å². The molecule has 1 aromatic carbocycles. The molecule has 0 atom stereocenters. The van der Waals surface area contributed by atoms with Crippen LogP contribution in [-0.2, 0) is 17.9 Å². The molecule has 0 aliphatic carbocycles. The molecule has 34 heavy (non-hydrogen) atoms. The highest BCUT2D eigenvalue weighted by Crippen LogP contribution is 2.35. The third-order valence-corrected chi connectivity index (χ3v) is 6.31. The van der Waals surface area contributed by atoms with Gasteiger partial charge in [-0.05, 0) is 42.0 Å². The molecule has 2 aromatic heterocycles. The van der Waals surface area contributed by atoms with Crippen LogP contribution in [0.1, 0.15) is 54.2 Å². The lowest BCUT2D eigenvalue weighted by Crippen LogP contribution is -2.38. The molecule has 0 bridgehead atoms.